The van der Waals surface area contributed by atoms with E-state index in [0.717, 1.165) is 5.02 Å². The second-order valence-electron chi connectivity index (χ2n) is 3.76. The Hall–Kier alpha value is -0.570. The van der Waals surface area contributed by atoms with E-state index in [9.17, 15) is 0 Å². The maximum atomic E-state index is 5.93. The molecule has 0 atom stereocenters. The lowest BCUT2D eigenvalue weighted by molar-refractivity contribution is 0.0666. The van der Waals surface area contributed by atoms with Crippen molar-refractivity contribution in [1.29, 1.82) is 0 Å². The van der Waals surface area contributed by atoms with Crippen LogP contribution >= 0.6 is 22.9 Å². The fourth-order valence-electron chi connectivity index (χ4n) is 1.43. The van der Waals surface area contributed by atoms with Gasteiger partial charge in [0.1, 0.15) is 0 Å². The Morgan fingerprint density at radius 2 is 2.20 bits per heavy atom. The van der Waals surface area contributed by atoms with Crippen molar-refractivity contribution in [3.05, 3.63) is 34.2 Å². The van der Waals surface area contributed by atoms with Gasteiger partial charge in [-0.3, -0.25) is 0 Å². The summed E-state index contributed by atoms with van der Waals surface area (Å²) < 4.78 is 6.82. The number of ether oxygens (including phenoxy) is 1. The third-order valence-electron chi connectivity index (χ3n) is 2.19. The third-order valence-corrected chi connectivity index (χ3v) is 3.42. The minimum absolute atomic E-state index is 0.271. The van der Waals surface area contributed by atoms with E-state index < -0.39 is 0 Å². The first-order chi connectivity index (χ1) is 7.16. The van der Waals surface area contributed by atoms with Crippen LogP contribution in [-0.4, -0.2) is 6.10 Å². The SMILES string of the molecule is CC(C)OCc1csc2cc(Cl)ccc12. The predicted octanol–water partition coefficient (Wildman–Crippen LogP) is 4.48. The van der Waals surface area contributed by atoms with Crippen molar-refractivity contribution >= 4 is 33.0 Å². The van der Waals surface area contributed by atoms with E-state index in [1.807, 2.05) is 26.0 Å². The van der Waals surface area contributed by atoms with Crippen LogP contribution in [-0.2, 0) is 11.3 Å². The molecule has 1 nitrogen and oxygen atoms in total. The normalized spacial score (nSPS) is 11.5. The molecule has 0 saturated carbocycles. The number of benzene rings is 1. The zero-order valence-corrected chi connectivity index (χ0v) is 10.4. The molecule has 0 fully saturated rings. The molecule has 0 aliphatic rings. The zero-order valence-electron chi connectivity index (χ0n) is 8.79. The number of rotatable bonds is 3. The molecule has 0 aliphatic heterocycles. The second-order valence-corrected chi connectivity index (χ2v) is 5.11. The van der Waals surface area contributed by atoms with Crippen molar-refractivity contribution in [2.24, 2.45) is 0 Å². The zero-order chi connectivity index (χ0) is 10.8. The lowest BCUT2D eigenvalue weighted by Crippen LogP contribution is -2.01. The van der Waals surface area contributed by atoms with Crippen LogP contribution in [0.15, 0.2) is 23.6 Å². The molecule has 15 heavy (non-hydrogen) atoms. The quantitative estimate of drug-likeness (QED) is 0.769. The van der Waals surface area contributed by atoms with Crippen molar-refractivity contribution < 1.29 is 4.74 Å². The Labute approximate surface area is 98.6 Å². The van der Waals surface area contributed by atoms with Crippen LogP contribution in [0.25, 0.3) is 10.1 Å². The summed E-state index contributed by atoms with van der Waals surface area (Å²) in [7, 11) is 0. The second kappa shape index (κ2) is 4.52. The van der Waals surface area contributed by atoms with Crippen LogP contribution < -0.4 is 0 Å². The van der Waals surface area contributed by atoms with Crippen LogP contribution in [0.3, 0.4) is 0 Å². The standard InChI is InChI=1S/C12H13ClOS/c1-8(2)14-6-9-7-15-12-5-10(13)3-4-11(9)12/h3-5,7-8H,6H2,1-2H3. The molecule has 0 spiro atoms. The Morgan fingerprint density at radius 1 is 1.40 bits per heavy atom. The highest BCUT2D eigenvalue weighted by Crippen LogP contribution is 2.29. The summed E-state index contributed by atoms with van der Waals surface area (Å²) in [5.74, 6) is 0. The molecule has 2 aromatic rings. The molecule has 1 aromatic carbocycles. The maximum absolute atomic E-state index is 5.93. The summed E-state index contributed by atoms with van der Waals surface area (Å²) in [6.07, 6.45) is 0.271. The topological polar surface area (TPSA) is 9.23 Å². The Bertz CT molecular complexity index is 462. The number of fused-ring (bicyclic) bond motifs is 1. The number of hydrogen-bond acceptors (Lipinski definition) is 2. The van der Waals surface area contributed by atoms with Crippen molar-refractivity contribution in [2.45, 2.75) is 26.6 Å². The van der Waals surface area contributed by atoms with Gasteiger partial charge in [0.05, 0.1) is 12.7 Å². The smallest absolute Gasteiger partial charge is 0.0734 e. The molecule has 1 aromatic heterocycles. The van der Waals surface area contributed by atoms with Gasteiger partial charge in [-0.15, -0.1) is 11.3 Å². The van der Waals surface area contributed by atoms with Crippen molar-refractivity contribution in [2.75, 3.05) is 0 Å². The van der Waals surface area contributed by atoms with E-state index >= 15 is 0 Å². The lowest BCUT2D eigenvalue weighted by Gasteiger charge is -2.06. The van der Waals surface area contributed by atoms with E-state index in [4.69, 9.17) is 16.3 Å². The van der Waals surface area contributed by atoms with Crippen molar-refractivity contribution in [3.63, 3.8) is 0 Å². The molecule has 80 valence electrons. The molecule has 0 unspecified atom stereocenters. The van der Waals surface area contributed by atoms with Crippen LogP contribution in [0.1, 0.15) is 19.4 Å². The van der Waals surface area contributed by atoms with Gasteiger partial charge >= 0.3 is 0 Å². The number of hydrogen-bond donors (Lipinski definition) is 0. The average Bonchev–Trinajstić information content (AvgIpc) is 2.57. The molecule has 3 heteroatoms. The Balaban J connectivity index is 2.29. The predicted molar refractivity (Wildman–Crippen MR) is 66.8 cm³/mol. The number of thiophene rings is 1. The van der Waals surface area contributed by atoms with E-state index in [1.54, 1.807) is 11.3 Å². The first-order valence-electron chi connectivity index (χ1n) is 4.94. The van der Waals surface area contributed by atoms with Crippen molar-refractivity contribution in [3.8, 4) is 0 Å². The van der Waals surface area contributed by atoms with Crippen LogP contribution in [0.5, 0.6) is 0 Å². The monoisotopic (exact) mass is 240 g/mol. The van der Waals surface area contributed by atoms with Gasteiger partial charge in [0.2, 0.25) is 0 Å². The Kier molecular flexibility index (Phi) is 3.29. The molecule has 0 aliphatic carbocycles. The molecule has 2 rings (SSSR count). The summed E-state index contributed by atoms with van der Waals surface area (Å²) >= 11 is 7.65. The van der Waals surface area contributed by atoms with Gasteiger partial charge in [-0.05, 0) is 42.3 Å². The molecular formula is C12H13ClOS. The molecular weight excluding hydrogens is 228 g/mol. The first-order valence-corrected chi connectivity index (χ1v) is 6.20. The summed E-state index contributed by atoms with van der Waals surface area (Å²) in [6.45, 7) is 4.77. The molecule has 0 radical (unpaired) electrons. The largest absolute Gasteiger partial charge is 0.374 e. The van der Waals surface area contributed by atoms with E-state index in [-0.39, 0.29) is 6.10 Å². The number of halogens is 1. The minimum Gasteiger partial charge on any atom is -0.374 e. The fraction of sp³-hybridized carbons (Fsp3) is 0.333. The van der Waals surface area contributed by atoms with Gasteiger partial charge < -0.3 is 4.74 Å². The molecule has 0 saturated heterocycles. The molecule has 1 heterocycles. The van der Waals surface area contributed by atoms with Gasteiger partial charge in [-0.2, -0.15) is 0 Å². The fourth-order valence-corrected chi connectivity index (χ4v) is 2.65. The highest BCUT2D eigenvalue weighted by Gasteiger charge is 2.05. The summed E-state index contributed by atoms with van der Waals surface area (Å²) in [4.78, 5) is 0. The molecule has 0 bridgehead atoms. The van der Waals surface area contributed by atoms with Gasteiger partial charge in [0, 0.05) is 9.72 Å². The van der Waals surface area contributed by atoms with Gasteiger partial charge in [-0.25, -0.2) is 0 Å². The van der Waals surface area contributed by atoms with Gasteiger partial charge in [0.15, 0.2) is 0 Å². The summed E-state index contributed by atoms with van der Waals surface area (Å²) in [6, 6.07) is 5.99. The first kappa shape index (κ1) is 10.9. The summed E-state index contributed by atoms with van der Waals surface area (Å²) in [5.41, 5.74) is 1.25. The maximum Gasteiger partial charge on any atom is 0.0734 e. The average molecular weight is 241 g/mol. The lowest BCUT2D eigenvalue weighted by atomic mass is 10.2. The van der Waals surface area contributed by atoms with Crippen LogP contribution in [0.4, 0.5) is 0 Å². The summed E-state index contributed by atoms with van der Waals surface area (Å²) in [5, 5.41) is 4.19. The van der Waals surface area contributed by atoms with E-state index in [2.05, 4.69) is 11.4 Å². The highest BCUT2D eigenvalue weighted by atomic mass is 35.5. The third kappa shape index (κ3) is 2.51. The van der Waals surface area contributed by atoms with Crippen LogP contribution in [0.2, 0.25) is 5.02 Å². The highest BCUT2D eigenvalue weighted by molar-refractivity contribution is 7.17. The Morgan fingerprint density at radius 3 is 2.93 bits per heavy atom. The molecule has 0 amide bonds. The minimum atomic E-state index is 0.271. The molecule has 0 N–H and O–H groups in total. The van der Waals surface area contributed by atoms with Gasteiger partial charge in [-0.1, -0.05) is 17.7 Å². The van der Waals surface area contributed by atoms with Crippen molar-refractivity contribution in [1.82, 2.24) is 0 Å². The van der Waals surface area contributed by atoms with E-state index in [0.29, 0.717) is 6.61 Å². The van der Waals surface area contributed by atoms with E-state index in [1.165, 1.54) is 15.6 Å². The van der Waals surface area contributed by atoms with Gasteiger partial charge in [0.25, 0.3) is 0 Å². The van der Waals surface area contributed by atoms with Crippen LogP contribution in [0, 0.1) is 0 Å².